The summed E-state index contributed by atoms with van der Waals surface area (Å²) in [6.45, 7) is 2.19. The number of carbonyl (C=O) groups excluding carboxylic acids is 2. The van der Waals surface area contributed by atoms with Gasteiger partial charge in [0.05, 0.1) is 0 Å². The van der Waals surface area contributed by atoms with Gasteiger partial charge in [0, 0.05) is 20.0 Å². The van der Waals surface area contributed by atoms with Crippen LogP contribution in [-0.4, -0.2) is 36.4 Å². The molecule has 0 aliphatic heterocycles. The Kier molecular flexibility index (Phi) is 7.82. The number of rotatable bonds is 9. The van der Waals surface area contributed by atoms with Gasteiger partial charge in [-0.15, -0.1) is 0 Å². The van der Waals surface area contributed by atoms with Crippen molar-refractivity contribution in [3.63, 3.8) is 0 Å². The van der Waals surface area contributed by atoms with E-state index in [-0.39, 0.29) is 18.4 Å². The minimum Gasteiger partial charge on any atom is -0.484 e. The molecule has 1 N–H and O–H groups in total. The van der Waals surface area contributed by atoms with Crippen molar-refractivity contribution < 1.29 is 14.3 Å². The first-order chi connectivity index (χ1) is 15.1. The first kappa shape index (κ1) is 22.1. The highest BCUT2D eigenvalue weighted by molar-refractivity contribution is 5.88. The topological polar surface area (TPSA) is 58.6 Å². The minimum absolute atomic E-state index is 0.141. The maximum Gasteiger partial charge on any atom is 0.261 e. The van der Waals surface area contributed by atoms with E-state index in [4.69, 9.17) is 4.74 Å². The van der Waals surface area contributed by atoms with E-state index in [0.717, 1.165) is 16.7 Å². The van der Waals surface area contributed by atoms with Crippen LogP contribution in [0.25, 0.3) is 0 Å². The predicted octanol–water partition coefficient (Wildman–Crippen LogP) is 3.76. The highest BCUT2D eigenvalue weighted by Crippen LogP contribution is 2.16. The molecule has 160 valence electrons. The molecule has 0 saturated carbocycles. The number of likely N-dealkylation sites (N-methyl/N-ethyl adjacent to an activating group) is 1. The van der Waals surface area contributed by atoms with Gasteiger partial charge in [0.2, 0.25) is 5.91 Å². The van der Waals surface area contributed by atoms with Gasteiger partial charge in [-0.25, -0.2) is 0 Å². The van der Waals surface area contributed by atoms with Crippen LogP contribution in [0.2, 0.25) is 0 Å². The van der Waals surface area contributed by atoms with Crippen molar-refractivity contribution >= 4 is 11.8 Å². The largest absolute Gasteiger partial charge is 0.484 e. The van der Waals surface area contributed by atoms with Crippen LogP contribution in [0.3, 0.4) is 0 Å². The molecule has 0 aliphatic carbocycles. The average Bonchev–Trinajstić information content (AvgIpc) is 2.80. The van der Waals surface area contributed by atoms with E-state index in [2.05, 4.69) is 5.32 Å². The lowest BCUT2D eigenvalue weighted by Gasteiger charge is -2.31. The molecule has 0 heterocycles. The zero-order valence-corrected chi connectivity index (χ0v) is 18.0. The lowest BCUT2D eigenvalue weighted by molar-refractivity contribution is -0.142. The van der Waals surface area contributed by atoms with E-state index in [1.807, 2.05) is 79.7 Å². The molecule has 3 aromatic rings. The van der Waals surface area contributed by atoms with Gasteiger partial charge >= 0.3 is 0 Å². The van der Waals surface area contributed by atoms with Crippen LogP contribution < -0.4 is 10.1 Å². The van der Waals surface area contributed by atoms with E-state index < -0.39 is 6.04 Å². The molecule has 0 fully saturated rings. The van der Waals surface area contributed by atoms with Crippen LogP contribution in [0.1, 0.15) is 16.7 Å². The van der Waals surface area contributed by atoms with Crippen LogP contribution in [-0.2, 0) is 22.6 Å². The fraction of sp³-hybridized carbons (Fsp3) is 0.231. The second-order valence-corrected chi connectivity index (χ2v) is 7.43. The second-order valence-electron chi connectivity index (χ2n) is 7.43. The number of ether oxygens (including phenoxy) is 1. The molecule has 31 heavy (non-hydrogen) atoms. The Labute approximate surface area is 183 Å². The quantitative estimate of drug-likeness (QED) is 0.578. The number of nitrogens with zero attached hydrogens (tertiary/aromatic N) is 1. The molecule has 5 heteroatoms. The van der Waals surface area contributed by atoms with Crippen molar-refractivity contribution in [3.05, 3.63) is 102 Å². The summed E-state index contributed by atoms with van der Waals surface area (Å²) in [6.07, 6.45) is 0.420. The van der Waals surface area contributed by atoms with Gasteiger partial charge in [-0.2, -0.15) is 0 Å². The lowest BCUT2D eigenvalue weighted by Crippen LogP contribution is -2.51. The molecule has 1 atom stereocenters. The molecule has 0 aromatic heterocycles. The Hall–Kier alpha value is -3.60. The maximum absolute atomic E-state index is 13.3. The molecule has 0 radical (unpaired) electrons. The molecule has 2 amide bonds. The zero-order chi connectivity index (χ0) is 22.1. The first-order valence-corrected chi connectivity index (χ1v) is 10.3. The smallest absolute Gasteiger partial charge is 0.261 e. The van der Waals surface area contributed by atoms with Gasteiger partial charge in [0.15, 0.2) is 6.61 Å². The number of aryl methyl sites for hydroxylation is 1. The average molecular weight is 417 g/mol. The third-order valence-electron chi connectivity index (χ3n) is 5.06. The Bertz CT molecular complexity index is 990. The summed E-state index contributed by atoms with van der Waals surface area (Å²) in [5.74, 6) is 0.172. The summed E-state index contributed by atoms with van der Waals surface area (Å²) < 4.78 is 5.70. The molecule has 0 saturated heterocycles. The molecule has 3 rings (SSSR count). The molecular formula is C26H28N2O3. The number of carbonyl (C=O) groups is 2. The lowest BCUT2D eigenvalue weighted by atomic mass is 10.0. The Morgan fingerprint density at radius 3 is 2.19 bits per heavy atom. The molecule has 0 bridgehead atoms. The van der Waals surface area contributed by atoms with Crippen LogP contribution >= 0.6 is 0 Å². The first-order valence-electron chi connectivity index (χ1n) is 10.3. The van der Waals surface area contributed by atoms with Gasteiger partial charge in [-0.05, 0) is 30.2 Å². The molecule has 0 unspecified atom stereocenters. The summed E-state index contributed by atoms with van der Waals surface area (Å²) >= 11 is 0. The van der Waals surface area contributed by atoms with E-state index >= 15 is 0 Å². The van der Waals surface area contributed by atoms with Crippen molar-refractivity contribution in [1.82, 2.24) is 10.2 Å². The number of hydrogen-bond donors (Lipinski definition) is 1. The zero-order valence-electron chi connectivity index (χ0n) is 18.0. The molecule has 3 aromatic carbocycles. The standard InChI is InChI=1S/C26H28N2O3/c1-20-10-9-13-22(16-20)18-28(25(29)19-31-23-14-7-4-8-15-23)24(26(30)27-2)17-21-11-5-3-6-12-21/h3-16,24H,17-19H2,1-2H3,(H,27,30)/t24-/m1/s1. The van der Waals surface area contributed by atoms with Crippen LogP contribution in [0, 0.1) is 6.92 Å². The van der Waals surface area contributed by atoms with Crippen LogP contribution in [0.4, 0.5) is 0 Å². The van der Waals surface area contributed by atoms with Crippen molar-refractivity contribution in [2.24, 2.45) is 0 Å². The summed E-state index contributed by atoms with van der Waals surface area (Å²) in [6, 6.07) is 26.2. The number of benzene rings is 3. The van der Waals surface area contributed by atoms with Crippen molar-refractivity contribution in [1.29, 1.82) is 0 Å². The van der Waals surface area contributed by atoms with Crippen molar-refractivity contribution in [2.75, 3.05) is 13.7 Å². The number of nitrogens with one attached hydrogen (secondary N) is 1. The fourth-order valence-corrected chi connectivity index (χ4v) is 3.47. The predicted molar refractivity (Wildman–Crippen MR) is 122 cm³/mol. The molecule has 0 spiro atoms. The number of hydrogen-bond acceptors (Lipinski definition) is 3. The van der Waals surface area contributed by atoms with Crippen molar-refractivity contribution in [2.45, 2.75) is 25.9 Å². The normalized spacial score (nSPS) is 11.4. The van der Waals surface area contributed by atoms with Gasteiger partial charge in [-0.1, -0.05) is 78.4 Å². The third-order valence-corrected chi connectivity index (χ3v) is 5.06. The Balaban J connectivity index is 1.87. The summed E-state index contributed by atoms with van der Waals surface area (Å²) in [7, 11) is 1.59. The van der Waals surface area contributed by atoms with Gasteiger partial charge in [0.25, 0.3) is 5.91 Å². The number of para-hydroxylation sites is 1. The Morgan fingerprint density at radius 2 is 1.55 bits per heavy atom. The van der Waals surface area contributed by atoms with E-state index in [1.165, 1.54) is 0 Å². The molecule has 0 aliphatic rings. The fourth-order valence-electron chi connectivity index (χ4n) is 3.47. The van der Waals surface area contributed by atoms with E-state index in [1.54, 1.807) is 24.1 Å². The van der Waals surface area contributed by atoms with Crippen LogP contribution in [0.5, 0.6) is 5.75 Å². The highest BCUT2D eigenvalue weighted by atomic mass is 16.5. The van der Waals surface area contributed by atoms with Gasteiger partial charge < -0.3 is 15.0 Å². The van der Waals surface area contributed by atoms with E-state index in [0.29, 0.717) is 18.7 Å². The number of amides is 2. The molecular weight excluding hydrogens is 388 g/mol. The van der Waals surface area contributed by atoms with E-state index in [9.17, 15) is 9.59 Å². The minimum atomic E-state index is -0.653. The van der Waals surface area contributed by atoms with Crippen molar-refractivity contribution in [3.8, 4) is 5.75 Å². The summed E-state index contributed by atoms with van der Waals surface area (Å²) in [4.78, 5) is 27.7. The molecule has 5 nitrogen and oxygen atoms in total. The summed E-state index contributed by atoms with van der Waals surface area (Å²) in [5, 5.41) is 2.72. The SMILES string of the molecule is CNC(=O)[C@@H](Cc1ccccc1)N(Cc1cccc(C)c1)C(=O)COc1ccccc1. The second kappa shape index (κ2) is 11.0. The Morgan fingerprint density at radius 1 is 0.903 bits per heavy atom. The summed E-state index contributed by atoms with van der Waals surface area (Å²) in [5.41, 5.74) is 3.06. The monoisotopic (exact) mass is 416 g/mol. The highest BCUT2D eigenvalue weighted by Gasteiger charge is 2.30. The van der Waals surface area contributed by atoms with Gasteiger partial charge in [0.1, 0.15) is 11.8 Å². The van der Waals surface area contributed by atoms with Crippen LogP contribution in [0.15, 0.2) is 84.9 Å². The van der Waals surface area contributed by atoms with Gasteiger partial charge in [-0.3, -0.25) is 9.59 Å². The maximum atomic E-state index is 13.3. The third kappa shape index (κ3) is 6.44.